The van der Waals surface area contributed by atoms with E-state index in [0.29, 0.717) is 23.1 Å². The first kappa shape index (κ1) is 31.0. The van der Waals surface area contributed by atoms with E-state index < -0.39 is 15.4 Å². The molecule has 9 nitrogen and oxygen atoms in total. The van der Waals surface area contributed by atoms with Crippen LogP contribution >= 0.6 is 0 Å². The number of hydrogen-bond donors (Lipinski definition) is 1. The fraction of sp³-hybridized carbons (Fsp3) is 0.406. The summed E-state index contributed by atoms with van der Waals surface area (Å²) in [5, 5.41) is 4.01. The highest BCUT2D eigenvalue weighted by Crippen LogP contribution is 2.43. The number of sulfonamides is 1. The van der Waals surface area contributed by atoms with E-state index in [0.717, 1.165) is 29.5 Å². The summed E-state index contributed by atoms with van der Waals surface area (Å²) in [4.78, 5) is 9.51. The maximum Gasteiger partial charge on any atom is 0.267 e. The fourth-order valence-electron chi connectivity index (χ4n) is 4.55. The standard InChI is InChI=1S/C32H41N5O4S/c1-21(2)17-18-23-13-9-10-14-25(23)29-28(32(5,6)7)30(41-27-16-12-11-15-26(27)40-22(3)4)35-31(34-29)36-42(38,39)24-19-33-37(8)20-24/h9-16,19-22H,17-18H2,1-8H3,(H,34,35,36). The van der Waals surface area contributed by atoms with Gasteiger partial charge in [-0.3, -0.25) is 4.68 Å². The van der Waals surface area contributed by atoms with Crippen LogP contribution in [0.25, 0.3) is 11.3 Å². The van der Waals surface area contributed by atoms with E-state index in [1.54, 1.807) is 7.05 Å². The third kappa shape index (κ3) is 7.47. The van der Waals surface area contributed by atoms with Crippen LogP contribution in [-0.4, -0.2) is 34.3 Å². The molecule has 0 aliphatic carbocycles. The fourth-order valence-corrected chi connectivity index (χ4v) is 5.48. The van der Waals surface area contributed by atoms with Crippen molar-refractivity contribution in [3.8, 4) is 28.6 Å². The van der Waals surface area contributed by atoms with Crippen LogP contribution in [0.2, 0.25) is 0 Å². The molecule has 224 valence electrons. The zero-order chi connectivity index (χ0) is 30.7. The molecule has 4 rings (SSSR count). The van der Waals surface area contributed by atoms with Crippen molar-refractivity contribution >= 4 is 16.0 Å². The Kier molecular flexibility index (Phi) is 9.25. The topological polar surface area (TPSA) is 108 Å². The second-order valence-electron chi connectivity index (χ2n) is 12.1. The van der Waals surface area contributed by atoms with E-state index in [1.807, 2.05) is 56.3 Å². The molecule has 10 heteroatoms. The number of nitrogens with zero attached hydrogens (tertiary/aromatic N) is 4. The number of rotatable bonds is 11. The number of anilines is 1. The molecule has 2 heterocycles. The molecule has 0 aliphatic heterocycles. The van der Waals surface area contributed by atoms with Crippen LogP contribution in [0.3, 0.4) is 0 Å². The lowest BCUT2D eigenvalue weighted by atomic mass is 9.83. The summed E-state index contributed by atoms with van der Waals surface area (Å²) in [6.45, 7) is 14.5. The van der Waals surface area contributed by atoms with E-state index in [4.69, 9.17) is 14.5 Å². The molecule has 0 unspecified atom stereocenters. The molecule has 0 amide bonds. The van der Waals surface area contributed by atoms with Gasteiger partial charge in [0, 0.05) is 24.4 Å². The summed E-state index contributed by atoms with van der Waals surface area (Å²) in [6, 6.07) is 15.5. The number of nitrogens with one attached hydrogen (secondary N) is 1. The Hall–Kier alpha value is -3.92. The number of ether oxygens (including phenoxy) is 2. The second kappa shape index (κ2) is 12.5. The van der Waals surface area contributed by atoms with Gasteiger partial charge < -0.3 is 9.47 Å². The van der Waals surface area contributed by atoms with Gasteiger partial charge >= 0.3 is 0 Å². The lowest BCUT2D eigenvalue weighted by Crippen LogP contribution is -2.20. The van der Waals surface area contributed by atoms with Crippen molar-refractivity contribution in [1.29, 1.82) is 0 Å². The van der Waals surface area contributed by atoms with Crippen molar-refractivity contribution in [2.75, 3.05) is 4.72 Å². The van der Waals surface area contributed by atoms with Crippen LogP contribution in [0.15, 0.2) is 65.8 Å². The minimum atomic E-state index is -4.02. The summed E-state index contributed by atoms with van der Waals surface area (Å²) in [5.74, 6) is 1.69. The Morgan fingerprint density at radius 1 is 0.952 bits per heavy atom. The Bertz CT molecular complexity index is 1640. The van der Waals surface area contributed by atoms with Crippen molar-refractivity contribution in [2.24, 2.45) is 13.0 Å². The SMILES string of the molecule is CC(C)CCc1ccccc1-c1nc(NS(=O)(=O)c2cnn(C)c2)nc(Oc2ccccc2OC(C)C)c1C(C)(C)C. The summed E-state index contributed by atoms with van der Waals surface area (Å²) < 4.78 is 43.2. The Morgan fingerprint density at radius 2 is 1.62 bits per heavy atom. The molecule has 0 fully saturated rings. The molecular weight excluding hydrogens is 550 g/mol. The average Bonchev–Trinajstić information content (AvgIpc) is 3.34. The van der Waals surface area contributed by atoms with Gasteiger partial charge in [0.25, 0.3) is 10.0 Å². The smallest absolute Gasteiger partial charge is 0.267 e. The van der Waals surface area contributed by atoms with Crippen LogP contribution < -0.4 is 14.2 Å². The second-order valence-corrected chi connectivity index (χ2v) is 13.8. The Morgan fingerprint density at radius 3 is 2.24 bits per heavy atom. The van der Waals surface area contributed by atoms with E-state index in [9.17, 15) is 8.42 Å². The molecule has 0 saturated carbocycles. The molecule has 1 N–H and O–H groups in total. The highest BCUT2D eigenvalue weighted by atomic mass is 32.2. The zero-order valence-corrected chi connectivity index (χ0v) is 26.5. The van der Waals surface area contributed by atoms with Crippen LogP contribution in [0.4, 0.5) is 5.95 Å². The molecule has 0 saturated heterocycles. The van der Waals surface area contributed by atoms with E-state index in [2.05, 4.69) is 55.5 Å². The van der Waals surface area contributed by atoms with Gasteiger partial charge in [-0.15, -0.1) is 0 Å². The maximum absolute atomic E-state index is 13.3. The first-order valence-electron chi connectivity index (χ1n) is 14.2. The zero-order valence-electron chi connectivity index (χ0n) is 25.7. The van der Waals surface area contributed by atoms with Crippen molar-refractivity contribution in [3.05, 3.63) is 72.1 Å². The molecule has 0 spiro atoms. The first-order chi connectivity index (χ1) is 19.7. The molecule has 2 aromatic heterocycles. The van der Waals surface area contributed by atoms with Gasteiger partial charge in [0.1, 0.15) is 4.90 Å². The van der Waals surface area contributed by atoms with Crippen molar-refractivity contribution in [2.45, 2.75) is 77.7 Å². The predicted molar refractivity (Wildman–Crippen MR) is 166 cm³/mol. The highest BCUT2D eigenvalue weighted by Gasteiger charge is 2.30. The molecule has 2 aromatic carbocycles. The van der Waals surface area contributed by atoms with E-state index in [1.165, 1.54) is 17.1 Å². The minimum absolute atomic E-state index is 0.00512. The lowest BCUT2D eigenvalue weighted by molar-refractivity contribution is 0.232. The summed E-state index contributed by atoms with van der Waals surface area (Å²) in [6.07, 6.45) is 4.47. The lowest BCUT2D eigenvalue weighted by Gasteiger charge is -2.26. The third-order valence-corrected chi connectivity index (χ3v) is 7.81. The van der Waals surface area contributed by atoms with Crippen LogP contribution in [0, 0.1) is 5.92 Å². The summed E-state index contributed by atoms with van der Waals surface area (Å²) >= 11 is 0. The van der Waals surface area contributed by atoms with E-state index in [-0.39, 0.29) is 22.8 Å². The molecule has 0 aliphatic rings. The number of aromatic nitrogens is 4. The van der Waals surface area contributed by atoms with Crippen molar-refractivity contribution < 1.29 is 17.9 Å². The molecular formula is C32H41N5O4S. The third-order valence-electron chi connectivity index (χ3n) is 6.52. The van der Waals surface area contributed by atoms with Crippen molar-refractivity contribution in [1.82, 2.24) is 19.7 Å². The van der Waals surface area contributed by atoms with Gasteiger partial charge in [0.15, 0.2) is 11.5 Å². The number of benzene rings is 2. The number of aryl methyl sites for hydroxylation is 2. The number of para-hydroxylation sites is 2. The highest BCUT2D eigenvalue weighted by molar-refractivity contribution is 7.92. The minimum Gasteiger partial charge on any atom is -0.487 e. The monoisotopic (exact) mass is 591 g/mol. The van der Waals surface area contributed by atoms with Gasteiger partial charge in [0.05, 0.1) is 18.0 Å². The summed E-state index contributed by atoms with van der Waals surface area (Å²) in [5.41, 5.74) is 2.92. The average molecular weight is 592 g/mol. The molecule has 42 heavy (non-hydrogen) atoms. The first-order valence-corrected chi connectivity index (χ1v) is 15.7. The van der Waals surface area contributed by atoms with Gasteiger partial charge in [-0.1, -0.05) is 71.0 Å². The normalized spacial score (nSPS) is 12.1. The van der Waals surface area contributed by atoms with Gasteiger partial charge in [-0.05, 0) is 55.7 Å². The Balaban J connectivity index is 1.95. The molecule has 0 atom stereocenters. The van der Waals surface area contributed by atoms with E-state index >= 15 is 0 Å². The number of hydrogen-bond acceptors (Lipinski definition) is 7. The molecule has 0 bridgehead atoms. The van der Waals surface area contributed by atoms with Gasteiger partial charge in [0.2, 0.25) is 11.8 Å². The Labute approximate surface area is 249 Å². The van der Waals surface area contributed by atoms with Crippen LogP contribution in [0.1, 0.15) is 66.0 Å². The quantitative estimate of drug-likeness (QED) is 0.197. The van der Waals surface area contributed by atoms with Crippen molar-refractivity contribution in [3.63, 3.8) is 0 Å². The maximum atomic E-state index is 13.3. The van der Waals surface area contributed by atoms with Gasteiger partial charge in [-0.2, -0.15) is 10.1 Å². The van der Waals surface area contributed by atoms with Crippen LogP contribution in [-0.2, 0) is 28.9 Å². The largest absolute Gasteiger partial charge is 0.487 e. The van der Waals surface area contributed by atoms with Crippen LogP contribution in [0.5, 0.6) is 17.4 Å². The summed E-state index contributed by atoms with van der Waals surface area (Å²) in [7, 11) is -2.37. The van der Waals surface area contributed by atoms with Gasteiger partial charge in [-0.25, -0.2) is 18.1 Å². The predicted octanol–water partition coefficient (Wildman–Crippen LogP) is 7.14. The molecule has 4 aromatic rings. The molecule has 0 radical (unpaired) electrons.